The summed E-state index contributed by atoms with van der Waals surface area (Å²) in [7, 11) is 0. The zero-order valence-electron chi connectivity index (χ0n) is 12.2. The third-order valence-corrected chi connectivity index (χ3v) is 3.36. The lowest BCUT2D eigenvalue weighted by Crippen LogP contribution is -2.37. The fourth-order valence-corrected chi connectivity index (χ4v) is 2.29. The van der Waals surface area contributed by atoms with Gasteiger partial charge in [0, 0.05) is 19.2 Å². The van der Waals surface area contributed by atoms with E-state index in [2.05, 4.69) is 14.9 Å². The van der Waals surface area contributed by atoms with Gasteiger partial charge in [-0.3, -0.25) is 4.79 Å². The van der Waals surface area contributed by atoms with Crippen molar-refractivity contribution in [1.82, 2.24) is 9.97 Å². The summed E-state index contributed by atoms with van der Waals surface area (Å²) in [6, 6.07) is 1.84. The van der Waals surface area contributed by atoms with E-state index in [1.807, 2.05) is 13.0 Å². The van der Waals surface area contributed by atoms with Crippen molar-refractivity contribution in [2.75, 3.05) is 31.2 Å². The maximum Gasteiger partial charge on any atom is 0.305 e. The van der Waals surface area contributed by atoms with Gasteiger partial charge in [0.1, 0.15) is 12.1 Å². The zero-order valence-corrected chi connectivity index (χ0v) is 12.2. The lowest BCUT2D eigenvalue weighted by Gasteiger charge is -2.32. The summed E-state index contributed by atoms with van der Waals surface area (Å²) in [6.45, 7) is 4.44. The number of ether oxygens (including phenoxy) is 2. The molecule has 2 heterocycles. The van der Waals surface area contributed by atoms with Crippen LogP contribution in [0, 0.1) is 0 Å². The maximum atomic E-state index is 10.4. The molecule has 1 aromatic rings. The molecule has 0 radical (unpaired) electrons. The van der Waals surface area contributed by atoms with Crippen molar-refractivity contribution in [3.8, 4) is 5.88 Å². The van der Waals surface area contributed by atoms with Crippen LogP contribution in [0.1, 0.15) is 26.2 Å². The van der Waals surface area contributed by atoms with Gasteiger partial charge in [0.15, 0.2) is 0 Å². The van der Waals surface area contributed by atoms with Crippen LogP contribution < -0.4 is 9.64 Å². The van der Waals surface area contributed by atoms with E-state index in [4.69, 9.17) is 14.6 Å². The van der Waals surface area contributed by atoms with Gasteiger partial charge in [0.25, 0.3) is 0 Å². The molecule has 116 valence electrons. The highest BCUT2D eigenvalue weighted by atomic mass is 16.5. The average molecular weight is 295 g/mol. The molecule has 0 atom stereocenters. The third-order valence-electron chi connectivity index (χ3n) is 3.36. The van der Waals surface area contributed by atoms with E-state index in [0.29, 0.717) is 12.5 Å². The summed E-state index contributed by atoms with van der Waals surface area (Å²) in [5.41, 5.74) is 0. The molecular weight excluding hydrogens is 274 g/mol. The molecule has 0 unspecified atom stereocenters. The molecule has 1 fully saturated rings. The van der Waals surface area contributed by atoms with Crippen LogP contribution in [0.2, 0.25) is 0 Å². The molecule has 0 aromatic carbocycles. The first-order valence-electron chi connectivity index (χ1n) is 7.22. The predicted molar refractivity (Wildman–Crippen MR) is 76.6 cm³/mol. The molecule has 0 aliphatic carbocycles. The van der Waals surface area contributed by atoms with Crippen LogP contribution in [0.3, 0.4) is 0 Å². The lowest BCUT2D eigenvalue weighted by atomic mass is 10.1. The van der Waals surface area contributed by atoms with E-state index in [9.17, 15) is 4.79 Å². The average Bonchev–Trinajstić information content (AvgIpc) is 2.48. The smallest absolute Gasteiger partial charge is 0.305 e. The molecule has 2 rings (SSSR count). The van der Waals surface area contributed by atoms with Gasteiger partial charge in [-0.1, -0.05) is 0 Å². The van der Waals surface area contributed by atoms with Gasteiger partial charge in [-0.2, -0.15) is 0 Å². The third kappa shape index (κ3) is 4.86. The van der Waals surface area contributed by atoms with Gasteiger partial charge >= 0.3 is 5.97 Å². The van der Waals surface area contributed by atoms with Crippen LogP contribution in [0.4, 0.5) is 5.82 Å². The Balaban J connectivity index is 1.80. The fourth-order valence-electron chi connectivity index (χ4n) is 2.29. The summed E-state index contributed by atoms with van der Waals surface area (Å²) in [5.74, 6) is 0.622. The quantitative estimate of drug-likeness (QED) is 0.812. The number of hydrogen-bond donors (Lipinski definition) is 1. The van der Waals surface area contributed by atoms with Gasteiger partial charge in [0.05, 0.1) is 25.7 Å². The molecule has 0 spiro atoms. The highest BCUT2D eigenvalue weighted by Gasteiger charge is 2.21. The second kappa shape index (κ2) is 7.78. The topological polar surface area (TPSA) is 84.8 Å². The lowest BCUT2D eigenvalue weighted by molar-refractivity contribution is -0.138. The van der Waals surface area contributed by atoms with E-state index < -0.39 is 5.97 Å². The number of nitrogens with zero attached hydrogens (tertiary/aromatic N) is 3. The standard InChI is InChI=1S/C14H21N3O4/c1-2-20-13-9-12(15-10-16-13)17-6-3-11(4-7-17)21-8-5-14(18)19/h9-11H,2-8H2,1H3,(H,18,19). The normalized spacial score (nSPS) is 16.0. The molecule has 21 heavy (non-hydrogen) atoms. The fraction of sp³-hybridized carbons (Fsp3) is 0.643. The summed E-state index contributed by atoms with van der Waals surface area (Å²) < 4.78 is 11.0. The first-order valence-corrected chi connectivity index (χ1v) is 7.22. The predicted octanol–water partition coefficient (Wildman–Crippen LogP) is 1.34. The molecule has 7 nitrogen and oxygen atoms in total. The van der Waals surface area contributed by atoms with Gasteiger partial charge < -0.3 is 19.5 Å². The van der Waals surface area contributed by atoms with Crippen molar-refractivity contribution in [1.29, 1.82) is 0 Å². The van der Waals surface area contributed by atoms with E-state index >= 15 is 0 Å². The molecule has 1 aromatic heterocycles. The highest BCUT2D eigenvalue weighted by molar-refractivity contribution is 5.66. The minimum Gasteiger partial charge on any atom is -0.481 e. The van der Waals surface area contributed by atoms with Crippen LogP contribution in [-0.2, 0) is 9.53 Å². The SMILES string of the molecule is CCOc1cc(N2CCC(OCCC(=O)O)CC2)ncn1. The minimum atomic E-state index is -0.822. The molecule has 1 N–H and O–H groups in total. The van der Waals surface area contributed by atoms with Crippen molar-refractivity contribution < 1.29 is 19.4 Å². The summed E-state index contributed by atoms with van der Waals surface area (Å²) >= 11 is 0. The van der Waals surface area contributed by atoms with Gasteiger partial charge in [-0.15, -0.1) is 0 Å². The zero-order chi connectivity index (χ0) is 15.1. The second-order valence-electron chi connectivity index (χ2n) is 4.85. The number of hydrogen-bond acceptors (Lipinski definition) is 6. The summed E-state index contributed by atoms with van der Waals surface area (Å²) in [5, 5.41) is 8.59. The van der Waals surface area contributed by atoms with Gasteiger partial charge in [-0.05, 0) is 19.8 Å². The number of rotatable bonds is 7. The largest absolute Gasteiger partial charge is 0.481 e. The number of carboxylic acid groups (broad SMARTS) is 1. The number of aromatic nitrogens is 2. The molecule has 7 heteroatoms. The van der Waals surface area contributed by atoms with Crippen molar-refractivity contribution in [2.45, 2.75) is 32.3 Å². The van der Waals surface area contributed by atoms with E-state index in [1.54, 1.807) is 0 Å². The van der Waals surface area contributed by atoms with Crippen molar-refractivity contribution in [3.05, 3.63) is 12.4 Å². The van der Waals surface area contributed by atoms with Crippen LogP contribution in [0.25, 0.3) is 0 Å². The Hall–Kier alpha value is -1.89. The maximum absolute atomic E-state index is 10.4. The monoisotopic (exact) mass is 295 g/mol. The Morgan fingerprint density at radius 2 is 2.19 bits per heavy atom. The molecular formula is C14H21N3O4. The Kier molecular flexibility index (Phi) is 5.74. The van der Waals surface area contributed by atoms with Crippen LogP contribution in [0.5, 0.6) is 5.88 Å². The van der Waals surface area contributed by atoms with Gasteiger partial charge in [0.2, 0.25) is 5.88 Å². The van der Waals surface area contributed by atoms with Crippen LogP contribution in [-0.4, -0.2) is 53.5 Å². The Morgan fingerprint density at radius 3 is 2.86 bits per heavy atom. The number of piperidine rings is 1. The van der Waals surface area contributed by atoms with E-state index in [1.165, 1.54) is 6.33 Å². The number of carboxylic acids is 1. The molecule has 0 saturated carbocycles. The van der Waals surface area contributed by atoms with Crippen molar-refractivity contribution in [3.63, 3.8) is 0 Å². The molecule has 0 bridgehead atoms. The van der Waals surface area contributed by atoms with E-state index in [-0.39, 0.29) is 19.1 Å². The van der Waals surface area contributed by atoms with Gasteiger partial charge in [-0.25, -0.2) is 9.97 Å². The van der Waals surface area contributed by atoms with Crippen LogP contribution >= 0.6 is 0 Å². The molecule has 1 saturated heterocycles. The number of aliphatic carboxylic acids is 1. The number of anilines is 1. The second-order valence-corrected chi connectivity index (χ2v) is 4.85. The van der Waals surface area contributed by atoms with Crippen molar-refractivity contribution in [2.24, 2.45) is 0 Å². The Labute approximate surface area is 123 Å². The molecule has 1 aliphatic rings. The highest BCUT2D eigenvalue weighted by Crippen LogP contribution is 2.21. The number of carbonyl (C=O) groups is 1. The summed E-state index contributed by atoms with van der Waals surface area (Å²) in [4.78, 5) is 20.9. The molecule has 0 amide bonds. The van der Waals surface area contributed by atoms with Crippen molar-refractivity contribution >= 4 is 11.8 Å². The Morgan fingerprint density at radius 1 is 1.43 bits per heavy atom. The van der Waals surface area contributed by atoms with E-state index in [0.717, 1.165) is 31.7 Å². The first kappa shape index (κ1) is 15.5. The summed E-state index contributed by atoms with van der Waals surface area (Å²) in [6.07, 6.45) is 3.44. The Bertz CT molecular complexity index is 461. The first-order chi connectivity index (χ1) is 10.2. The molecule has 1 aliphatic heterocycles. The minimum absolute atomic E-state index is 0.0594. The van der Waals surface area contributed by atoms with Crippen LogP contribution in [0.15, 0.2) is 12.4 Å².